The van der Waals surface area contributed by atoms with Crippen LogP contribution in [0.15, 0.2) is 48.5 Å². The lowest BCUT2D eigenvalue weighted by Crippen LogP contribution is -2.36. The number of ether oxygens (including phenoxy) is 4. The van der Waals surface area contributed by atoms with Crippen molar-refractivity contribution in [3.8, 4) is 11.5 Å². The van der Waals surface area contributed by atoms with Crippen molar-refractivity contribution in [3.63, 3.8) is 0 Å². The van der Waals surface area contributed by atoms with Crippen LogP contribution in [0, 0.1) is 0 Å². The van der Waals surface area contributed by atoms with E-state index in [1.807, 2.05) is 0 Å². The number of hydrogen-bond acceptors (Lipinski definition) is 6. The minimum atomic E-state index is -0.580. The topological polar surface area (TPSA) is 86.3 Å². The molecule has 0 aliphatic rings. The number of benzene rings is 2. The number of nitrogens with one attached hydrogen (secondary N) is 1. The number of rotatable bonds is 8. The Morgan fingerprint density at radius 3 is 2.38 bits per heavy atom. The SMILES string of the molecule is COCCN(C(=O)Oc1cccc(NC(=O)OC(C)C)c1)c1ccc(OC)cc1. The summed E-state index contributed by atoms with van der Waals surface area (Å²) in [6, 6.07) is 13.5. The summed E-state index contributed by atoms with van der Waals surface area (Å²) >= 11 is 0. The van der Waals surface area contributed by atoms with Gasteiger partial charge in [-0.2, -0.15) is 0 Å². The number of methoxy groups -OCH3 is 2. The molecule has 0 unspecified atom stereocenters. The van der Waals surface area contributed by atoms with Gasteiger partial charge < -0.3 is 18.9 Å². The highest BCUT2D eigenvalue weighted by Crippen LogP contribution is 2.22. The molecule has 2 aromatic carbocycles. The summed E-state index contributed by atoms with van der Waals surface area (Å²) in [4.78, 5) is 26.0. The third kappa shape index (κ3) is 7.00. The van der Waals surface area contributed by atoms with Crippen molar-refractivity contribution in [2.75, 3.05) is 37.6 Å². The fourth-order valence-corrected chi connectivity index (χ4v) is 2.43. The Kier molecular flexibility index (Phi) is 8.29. The van der Waals surface area contributed by atoms with Crippen LogP contribution in [-0.2, 0) is 9.47 Å². The molecular formula is C21H26N2O6. The predicted molar refractivity (Wildman–Crippen MR) is 110 cm³/mol. The standard InChI is InChI=1S/C21H26N2O6/c1-15(2)28-20(24)22-16-6-5-7-19(14-16)29-21(25)23(12-13-26-3)17-8-10-18(27-4)11-9-17/h5-11,14-15H,12-13H2,1-4H3,(H,22,24). The zero-order chi connectivity index (χ0) is 21.2. The van der Waals surface area contributed by atoms with Crippen molar-refractivity contribution in [2.24, 2.45) is 0 Å². The monoisotopic (exact) mass is 402 g/mol. The van der Waals surface area contributed by atoms with Gasteiger partial charge in [0.1, 0.15) is 11.5 Å². The summed E-state index contributed by atoms with van der Waals surface area (Å²) in [5.74, 6) is 0.967. The van der Waals surface area contributed by atoms with Crippen LogP contribution in [0.3, 0.4) is 0 Å². The Labute approximate surface area is 170 Å². The Morgan fingerprint density at radius 1 is 1.03 bits per heavy atom. The van der Waals surface area contributed by atoms with Gasteiger partial charge in [0, 0.05) is 24.6 Å². The van der Waals surface area contributed by atoms with Gasteiger partial charge in [-0.05, 0) is 50.2 Å². The van der Waals surface area contributed by atoms with E-state index < -0.39 is 12.2 Å². The van der Waals surface area contributed by atoms with E-state index in [4.69, 9.17) is 18.9 Å². The summed E-state index contributed by atoms with van der Waals surface area (Å²) < 4.78 is 20.8. The molecule has 2 amide bonds. The molecule has 0 radical (unpaired) electrons. The number of amides is 2. The van der Waals surface area contributed by atoms with Gasteiger partial charge in [-0.15, -0.1) is 0 Å². The van der Waals surface area contributed by atoms with Crippen LogP contribution in [0.2, 0.25) is 0 Å². The molecule has 1 N–H and O–H groups in total. The smallest absolute Gasteiger partial charge is 0.419 e. The maximum absolute atomic E-state index is 12.8. The third-order valence-electron chi connectivity index (χ3n) is 3.75. The highest BCUT2D eigenvalue weighted by atomic mass is 16.6. The van der Waals surface area contributed by atoms with Gasteiger partial charge in [-0.3, -0.25) is 10.2 Å². The molecule has 8 heteroatoms. The number of hydrogen-bond donors (Lipinski definition) is 1. The zero-order valence-electron chi connectivity index (χ0n) is 17.0. The first kappa shape index (κ1) is 22.0. The second kappa shape index (κ2) is 10.9. The highest BCUT2D eigenvalue weighted by Gasteiger charge is 2.18. The minimum Gasteiger partial charge on any atom is -0.497 e. The molecule has 0 heterocycles. The number of nitrogens with zero attached hydrogens (tertiary/aromatic N) is 1. The lowest BCUT2D eigenvalue weighted by atomic mass is 10.2. The van der Waals surface area contributed by atoms with Crippen molar-refractivity contribution in [1.29, 1.82) is 0 Å². The van der Waals surface area contributed by atoms with Crippen molar-refractivity contribution in [1.82, 2.24) is 0 Å². The largest absolute Gasteiger partial charge is 0.497 e. The first-order chi connectivity index (χ1) is 13.9. The molecule has 0 aliphatic heterocycles. The zero-order valence-corrected chi connectivity index (χ0v) is 17.0. The van der Waals surface area contributed by atoms with Gasteiger partial charge in [-0.1, -0.05) is 6.07 Å². The van der Waals surface area contributed by atoms with Gasteiger partial charge in [0.25, 0.3) is 0 Å². The van der Waals surface area contributed by atoms with Gasteiger partial charge in [0.05, 0.1) is 26.4 Å². The molecule has 156 valence electrons. The first-order valence-corrected chi connectivity index (χ1v) is 9.13. The lowest BCUT2D eigenvalue weighted by Gasteiger charge is -2.22. The summed E-state index contributed by atoms with van der Waals surface area (Å²) in [6.07, 6.45) is -1.40. The second-order valence-electron chi connectivity index (χ2n) is 6.32. The van der Waals surface area contributed by atoms with Crippen LogP contribution in [0.1, 0.15) is 13.8 Å². The van der Waals surface area contributed by atoms with E-state index in [1.165, 1.54) is 4.90 Å². The van der Waals surface area contributed by atoms with Crippen LogP contribution in [0.25, 0.3) is 0 Å². The summed E-state index contributed by atoms with van der Waals surface area (Å²) in [5.41, 5.74) is 1.09. The lowest BCUT2D eigenvalue weighted by molar-refractivity contribution is 0.130. The Balaban J connectivity index is 2.11. The maximum atomic E-state index is 12.8. The van der Waals surface area contributed by atoms with E-state index >= 15 is 0 Å². The molecule has 0 aromatic heterocycles. The normalized spacial score (nSPS) is 10.4. The molecule has 0 spiro atoms. The van der Waals surface area contributed by atoms with E-state index in [0.717, 1.165) is 0 Å². The summed E-state index contributed by atoms with van der Waals surface area (Å²) in [7, 11) is 3.13. The van der Waals surface area contributed by atoms with Gasteiger partial charge >= 0.3 is 12.2 Å². The van der Waals surface area contributed by atoms with Crippen LogP contribution < -0.4 is 19.7 Å². The number of carbonyl (C=O) groups is 2. The van der Waals surface area contributed by atoms with Crippen LogP contribution in [0.5, 0.6) is 11.5 Å². The van der Waals surface area contributed by atoms with Crippen LogP contribution in [-0.4, -0.2) is 45.7 Å². The van der Waals surface area contributed by atoms with Crippen LogP contribution in [0.4, 0.5) is 21.0 Å². The molecule has 29 heavy (non-hydrogen) atoms. The average Bonchev–Trinajstić information content (AvgIpc) is 2.68. The van der Waals surface area contributed by atoms with Gasteiger partial charge in [0.2, 0.25) is 0 Å². The summed E-state index contributed by atoms with van der Waals surface area (Å²) in [5, 5.41) is 2.59. The molecule has 2 aromatic rings. The van der Waals surface area contributed by atoms with E-state index in [1.54, 1.807) is 76.6 Å². The second-order valence-corrected chi connectivity index (χ2v) is 6.32. The third-order valence-corrected chi connectivity index (χ3v) is 3.75. The van der Waals surface area contributed by atoms with E-state index in [2.05, 4.69) is 5.32 Å². The minimum absolute atomic E-state index is 0.241. The fraction of sp³-hybridized carbons (Fsp3) is 0.333. The van der Waals surface area contributed by atoms with E-state index in [9.17, 15) is 9.59 Å². The number of carbonyl (C=O) groups excluding carboxylic acids is 2. The van der Waals surface area contributed by atoms with Gasteiger partial charge in [-0.25, -0.2) is 9.59 Å². The first-order valence-electron chi connectivity index (χ1n) is 9.13. The van der Waals surface area contributed by atoms with Crippen molar-refractivity contribution in [3.05, 3.63) is 48.5 Å². The van der Waals surface area contributed by atoms with Crippen molar-refractivity contribution in [2.45, 2.75) is 20.0 Å². The molecule has 0 saturated carbocycles. The average molecular weight is 402 g/mol. The number of anilines is 2. The molecular weight excluding hydrogens is 376 g/mol. The quantitative estimate of drug-likeness (QED) is 0.708. The van der Waals surface area contributed by atoms with Gasteiger partial charge in [0.15, 0.2) is 0 Å². The Morgan fingerprint density at radius 2 is 1.76 bits per heavy atom. The molecule has 0 fully saturated rings. The molecule has 8 nitrogen and oxygen atoms in total. The highest BCUT2D eigenvalue weighted by molar-refractivity contribution is 5.90. The van der Waals surface area contributed by atoms with Crippen LogP contribution >= 0.6 is 0 Å². The Bertz CT molecular complexity index is 807. The molecule has 0 saturated heterocycles. The van der Waals surface area contributed by atoms with E-state index in [-0.39, 0.29) is 11.9 Å². The maximum Gasteiger partial charge on any atom is 0.419 e. The molecule has 0 aliphatic carbocycles. The van der Waals surface area contributed by atoms with Crippen molar-refractivity contribution < 1.29 is 28.5 Å². The molecule has 0 bridgehead atoms. The Hall–Kier alpha value is -3.26. The predicted octanol–water partition coefficient (Wildman–Crippen LogP) is 4.30. The van der Waals surface area contributed by atoms with Crippen molar-refractivity contribution >= 4 is 23.6 Å². The molecule has 0 atom stereocenters. The summed E-state index contributed by atoms with van der Waals surface area (Å²) in [6.45, 7) is 4.15. The molecule has 2 rings (SSSR count). The van der Waals surface area contributed by atoms with E-state index in [0.29, 0.717) is 30.3 Å². The fourth-order valence-electron chi connectivity index (χ4n) is 2.43.